The topological polar surface area (TPSA) is 26.3 Å². The average Bonchev–Trinajstić information content (AvgIpc) is 2.33. The summed E-state index contributed by atoms with van der Waals surface area (Å²) in [7, 11) is 0. The van der Waals surface area contributed by atoms with Crippen molar-refractivity contribution in [2.75, 3.05) is 12.4 Å². The summed E-state index contributed by atoms with van der Waals surface area (Å²) in [6, 6.07) is 0. The Morgan fingerprint density at radius 3 is 3.00 bits per heavy atom. The highest BCUT2D eigenvalue weighted by Crippen LogP contribution is 2.62. The standard InChI is InChI=1S/C6H7O2PS/c1-3-6-4-5-9(7,8-6)10-2/h1,4H,5H2,2H3. The molecule has 0 radical (unpaired) electrons. The molecule has 1 aliphatic heterocycles. The first-order chi connectivity index (χ1) is 4.70. The van der Waals surface area contributed by atoms with Crippen LogP contribution in [0, 0.1) is 12.3 Å². The first-order valence-corrected chi connectivity index (χ1v) is 6.35. The van der Waals surface area contributed by atoms with Crippen LogP contribution in [-0.2, 0) is 9.09 Å². The van der Waals surface area contributed by atoms with E-state index in [4.69, 9.17) is 10.9 Å². The Morgan fingerprint density at radius 2 is 2.70 bits per heavy atom. The minimum absolute atomic E-state index is 0.415. The van der Waals surface area contributed by atoms with Crippen LogP contribution in [0.5, 0.6) is 0 Å². The minimum atomic E-state index is -2.44. The predicted octanol–water partition coefficient (Wildman–Crippen LogP) is 2.09. The average molecular weight is 174 g/mol. The number of hydrogen-bond donors (Lipinski definition) is 0. The molecule has 1 rings (SSSR count). The van der Waals surface area contributed by atoms with Crippen LogP contribution in [0.1, 0.15) is 0 Å². The van der Waals surface area contributed by atoms with Gasteiger partial charge in [-0.2, -0.15) is 0 Å². The number of terminal acetylenes is 1. The summed E-state index contributed by atoms with van der Waals surface area (Å²) >= 11 is 1.24. The van der Waals surface area contributed by atoms with Gasteiger partial charge in [0, 0.05) is 0 Å². The van der Waals surface area contributed by atoms with Crippen molar-refractivity contribution >= 4 is 18.0 Å². The lowest BCUT2D eigenvalue weighted by Crippen LogP contribution is -1.76. The molecule has 1 heterocycles. The molecule has 0 bridgehead atoms. The second kappa shape index (κ2) is 2.74. The third-order valence-electron chi connectivity index (χ3n) is 1.16. The van der Waals surface area contributed by atoms with Crippen LogP contribution >= 0.6 is 18.0 Å². The largest absolute Gasteiger partial charge is 0.427 e. The summed E-state index contributed by atoms with van der Waals surface area (Å²) in [5, 5.41) is 0. The van der Waals surface area contributed by atoms with Crippen molar-refractivity contribution in [1.29, 1.82) is 0 Å². The molecule has 0 aromatic carbocycles. The minimum Gasteiger partial charge on any atom is -0.427 e. The second-order valence-electron chi connectivity index (χ2n) is 1.78. The van der Waals surface area contributed by atoms with E-state index in [1.165, 1.54) is 11.4 Å². The zero-order valence-corrected chi connectivity index (χ0v) is 7.24. The molecule has 1 unspecified atom stereocenters. The van der Waals surface area contributed by atoms with Gasteiger partial charge in [0.05, 0.1) is 6.16 Å². The molecule has 0 saturated heterocycles. The van der Waals surface area contributed by atoms with E-state index in [9.17, 15) is 4.57 Å². The molecular formula is C6H7O2PS. The van der Waals surface area contributed by atoms with Crippen molar-refractivity contribution < 1.29 is 9.09 Å². The molecule has 1 atom stereocenters. The Morgan fingerprint density at radius 1 is 2.00 bits per heavy atom. The van der Waals surface area contributed by atoms with Crippen molar-refractivity contribution in [3.63, 3.8) is 0 Å². The van der Waals surface area contributed by atoms with Crippen LogP contribution in [0.15, 0.2) is 11.8 Å². The molecule has 54 valence electrons. The first-order valence-electron chi connectivity index (χ1n) is 2.71. The molecule has 10 heavy (non-hydrogen) atoms. The summed E-state index contributed by atoms with van der Waals surface area (Å²) in [4.78, 5) is 0. The van der Waals surface area contributed by atoms with Crippen LogP contribution in [0.2, 0.25) is 0 Å². The van der Waals surface area contributed by atoms with Crippen molar-refractivity contribution in [2.24, 2.45) is 0 Å². The number of allylic oxidation sites excluding steroid dienone is 2. The molecule has 0 aromatic rings. The van der Waals surface area contributed by atoms with Gasteiger partial charge in [-0.1, -0.05) is 11.4 Å². The molecule has 0 aromatic heterocycles. The zero-order chi connectivity index (χ0) is 7.61. The van der Waals surface area contributed by atoms with E-state index < -0.39 is 6.57 Å². The molecule has 1 aliphatic rings. The van der Waals surface area contributed by atoms with E-state index in [0.29, 0.717) is 11.9 Å². The SMILES string of the molecule is C#CC1=CCP(=O)(SC)O1. The fourth-order valence-corrected chi connectivity index (χ4v) is 2.87. The van der Waals surface area contributed by atoms with E-state index in [-0.39, 0.29) is 0 Å². The molecule has 0 fully saturated rings. The molecule has 0 spiro atoms. The molecule has 0 amide bonds. The van der Waals surface area contributed by atoms with E-state index in [2.05, 4.69) is 5.92 Å². The van der Waals surface area contributed by atoms with Gasteiger partial charge in [-0.15, -0.1) is 6.42 Å². The number of rotatable bonds is 1. The van der Waals surface area contributed by atoms with Gasteiger partial charge in [0.25, 0.3) is 0 Å². The fraction of sp³-hybridized carbons (Fsp3) is 0.333. The van der Waals surface area contributed by atoms with E-state index in [1.54, 1.807) is 12.3 Å². The smallest absolute Gasteiger partial charge is 0.307 e. The first kappa shape index (κ1) is 7.78. The molecule has 0 aliphatic carbocycles. The second-order valence-corrected chi connectivity index (χ2v) is 6.68. The lowest BCUT2D eigenvalue weighted by molar-refractivity contribution is 0.451. The van der Waals surface area contributed by atoms with Gasteiger partial charge in [0.2, 0.25) is 0 Å². The highest BCUT2D eigenvalue weighted by molar-refractivity contribution is 8.56. The molecular weight excluding hydrogens is 167 g/mol. The van der Waals surface area contributed by atoms with Crippen molar-refractivity contribution in [3.05, 3.63) is 11.8 Å². The predicted molar refractivity (Wildman–Crippen MR) is 44.0 cm³/mol. The third kappa shape index (κ3) is 1.39. The third-order valence-corrected chi connectivity index (χ3v) is 5.16. The van der Waals surface area contributed by atoms with Gasteiger partial charge in [0.15, 0.2) is 5.76 Å². The van der Waals surface area contributed by atoms with Gasteiger partial charge >= 0.3 is 6.57 Å². The van der Waals surface area contributed by atoms with Crippen LogP contribution in [0.3, 0.4) is 0 Å². The monoisotopic (exact) mass is 174 g/mol. The fourth-order valence-electron chi connectivity index (χ4n) is 0.616. The Kier molecular flexibility index (Phi) is 2.13. The highest BCUT2D eigenvalue weighted by atomic mass is 32.7. The lowest BCUT2D eigenvalue weighted by Gasteiger charge is -2.06. The molecule has 0 saturated carbocycles. The maximum Gasteiger partial charge on any atom is 0.307 e. The Hall–Kier alpha value is -0.320. The van der Waals surface area contributed by atoms with Crippen molar-refractivity contribution in [1.82, 2.24) is 0 Å². The van der Waals surface area contributed by atoms with E-state index >= 15 is 0 Å². The van der Waals surface area contributed by atoms with Gasteiger partial charge in [0.1, 0.15) is 0 Å². The maximum absolute atomic E-state index is 11.3. The quantitative estimate of drug-likeness (QED) is 0.449. The highest BCUT2D eigenvalue weighted by Gasteiger charge is 2.27. The van der Waals surface area contributed by atoms with Gasteiger partial charge in [-0.3, -0.25) is 4.57 Å². The summed E-state index contributed by atoms with van der Waals surface area (Å²) in [6.45, 7) is -2.44. The summed E-state index contributed by atoms with van der Waals surface area (Å²) < 4.78 is 16.3. The van der Waals surface area contributed by atoms with Crippen molar-refractivity contribution in [3.8, 4) is 12.3 Å². The van der Waals surface area contributed by atoms with Crippen LogP contribution in [0.25, 0.3) is 0 Å². The van der Waals surface area contributed by atoms with E-state index in [0.717, 1.165) is 0 Å². The van der Waals surface area contributed by atoms with Gasteiger partial charge in [-0.05, 0) is 18.3 Å². The Balaban J connectivity index is 2.70. The molecule has 0 N–H and O–H groups in total. The Labute approximate surface area is 64.2 Å². The summed E-state index contributed by atoms with van der Waals surface area (Å²) in [6.07, 6.45) is 8.95. The van der Waals surface area contributed by atoms with Gasteiger partial charge < -0.3 is 4.52 Å². The van der Waals surface area contributed by atoms with Crippen molar-refractivity contribution in [2.45, 2.75) is 0 Å². The maximum atomic E-state index is 11.3. The van der Waals surface area contributed by atoms with Gasteiger partial charge in [-0.25, -0.2) is 0 Å². The molecule has 2 nitrogen and oxygen atoms in total. The zero-order valence-electron chi connectivity index (χ0n) is 5.53. The van der Waals surface area contributed by atoms with Crippen LogP contribution in [-0.4, -0.2) is 12.4 Å². The molecule has 4 heteroatoms. The van der Waals surface area contributed by atoms with Crippen LogP contribution in [0.4, 0.5) is 0 Å². The summed E-state index contributed by atoms with van der Waals surface area (Å²) in [5.74, 6) is 2.72. The summed E-state index contributed by atoms with van der Waals surface area (Å²) in [5.41, 5.74) is 0. The lowest BCUT2D eigenvalue weighted by atomic mass is 10.5. The van der Waals surface area contributed by atoms with E-state index in [1.807, 2.05) is 0 Å². The normalized spacial score (nSPS) is 30.6. The Bertz CT molecular complexity index is 251. The van der Waals surface area contributed by atoms with Crippen LogP contribution < -0.4 is 0 Å². The number of hydrogen-bond acceptors (Lipinski definition) is 3.